The molecule has 3 aliphatic heterocycles. The summed E-state index contributed by atoms with van der Waals surface area (Å²) in [5.41, 5.74) is 1.36. The molecule has 0 spiro atoms. The van der Waals surface area contributed by atoms with Crippen molar-refractivity contribution in [1.82, 2.24) is 14.9 Å². The van der Waals surface area contributed by atoms with Crippen LogP contribution in [0, 0.1) is 19.8 Å². The minimum atomic E-state index is 0.675. The number of aryl methyl sites for hydroxylation is 2. The van der Waals surface area contributed by atoms with Crippen molar-refractivity contribution in [1.29, 1.82) is 0 Å². The Morgan fingerprint density at radius 3 is 2.81 bits per heavy atom. The first-order valence-corrected chi connectivity index (χ1v) is 8.61. The van der Waals surface area contributed by atoms with Gasteiger partial charge in [0.25, 0.3) is 0 Å². The maximum absolute atomic E-state index is 4.67. The minimum absolute atomic E-state index is 0.675. The summed E-state index contributed by atoms with van der Waals surface area (Å²) < 4.78 is 0. The van der Waals surface area contributed by atoms with Crippen LogP contribution in [0.1, 0.15) is 23.3 Å². The molecule has 0 amide bonds. The van der Waals surface area contributed by atoms with Crippen LogP contribution < -0.4 is 4.90 Å². The predicted molar refractivity (Wildman–Crippen MR) is 88.2 cm³/mol. The van der Waals surface area contributed by atoms with E-state index in [-0.39, 0.29) is 0 Å². The lowest BCUT2D eigenvalue weighted by molar-refractivity contribution is 0.169. The molecular formula is C16H22N4S. The molecule has 0 saturated carbocycles. The van der Waals surface area contributed by atoms with E-state index >= 15 is 0 Å². The van der Waals surface area contributed by atoms with Crippen molar-refractivity contribution in [3.63, 3.8) is 0 Å². The molecule has 3 saturated heterocycles. The van der Waals surface area contributed by atoms with Gasteiger partial charge in [0.15, 0.2) is 0 Å². The van der Waals surface area contributed by atoms with Crippen molar-refractivity contribution >= 4 is 27.4 Å². The van der Waals surface area contributed by atoms with Crippen molar-refractivity contribution in [3.8, 4) is 0 Å². The summed E-state index contributed by atoms with van der Waals surface area (Å²) in [4.78, 5) is 16.7. The first kappa shape index (κ1) is 13.5. The lowest BCUT2D eigenvalue weighted by atomic mass is 9.96. The maximum Gasteiger partial charge on any atom is 0.141 e. The SMILES string of the molecule is Cc1sc2ncnc(N3C[C@H]4CC[C@@H](C3)N(C)C4)c2c1C. The van der Waals surface area contributed by atoms with E-state index < -0.39 is 0 Å². The van der Waals surface area contributed by atoms with Gasteiger partial charge in [-0.25, -0.2) is 9.97 Å². The Bertz CT molecular complexity index is 680. The van der Waals surface area contributed by atoms with E-state index in [2.05, 4.69) is 40.7 Å². The average Bonchev–Trinajstić information content (AvgIpc) is 2.65. The molecule has 5 heterocycles. The molecule has 0 N–H and O–H groups in total. The largest absolute Gasteiger partial charge is 0.354 e. The highest BCUT2D eigenvalue weighted by molar-refractivity contribution is 7.18. The number of nitrogens with zero attached hydrogens (tertiary/aromatic N) is 4. The van der Waals surface area contributed by atoms with Gasteiger partial charge in [-0.3, -0.25) is 0 Å². The van der Waals surface area contributed by atoms with Gasteiger partial charge in [-0.15, -0.1) is 11.3 Å². The van der Waals surface area contributed by atoms with Gasteiger partial charge in [0, 0.05) is 30.6 Å². The minimum Gasteiger partial charge on any atom is -0.354 e. The highest BCUT2D eigenvalue weighted by atomic mass is 32.1. The zero-order valence-corrected chi connectivity index (χ0v) is 13.8. The second kappa shape index (κ2) is 4.92. The third kappa shape index (κ3) is 2.14. The highest BCUT2D eigenvalue weighted by Crippen LogP contribution is 2.36. The topological polar surface area (TPSA) is 32.3 Å². The lowest BCUT2D eigenvalue weighted by Gasteiger charge is -2.32. The second-order valence-electron chi connectivity index (χ2n) is 6.60. The maximum atomic E-state index is 4.67. The molecule has 3 fully saturated rings. The number of anilines is 1. The van der Waals surface area contributed by atoms with Crippen molar-refractivity contribution < 1.29 is 0 Å². The van der Waals surface area contributed by atoms with Crippen molar-refractivity contribution in [2.75, 3.05) is 31.6 Å². The number of piperidine rings is 1. The van der Waals surface area contributed by atoms with E-state index in [0.717, 1.165) is 29.7 Å². The molecule has 2 atom stereocenters. The van der Waals surface area contributed by atoms with Crippen LogP contribution in [0.2, 0.25) is 0 Å². The van der Waals surface area contributed by atoms with E-state index in [0.29, 0.717) is 6.04 Å². The molecule has 4 nitrogen and oxygen atoms in total. The van der Waals surface area contributed by atoms with E-state index in [1.54, 1.807) is 17.7 Å². The molecule has 2 bridgehead atoms. The number of aromatic nitrogens is 2. The summed E-state index contributed by atoms with van der Waals surface area (Å²) in [7, 11) is 2.27. The Morgan fingerprint density at radius 1 is 1.14 bits per heavy atom. The number of thiophene rings is 1. The molecule has 0 unspecified atom stereocenters. The third-order valence-electron chi connectivity index (χ3n) is 5.23. The molecule has 112 valence electrons. The molecule has 21 heavy (non-hydrogen) atoms. The average molecular weight is 302 g/mol. The van der Waals surface area contributed by atoms with E-state index in [1.807, 2.05) is 0 Å². The standard InChI is InChI=1S/C16H22N4S/c1-10-11(2)21-16-14(10)15(17-9-18-16)20-7-12-4-5-13(8-20)19(3)6-12/h9,12-13H,4-8H2,1-3H3/t12-,13-/m0/s1. The van der Waals surface area contributed by atoms with Crippen LogP contribution in [0.25, 0.3) is 10.2 Å². The van der Waals surface area contributed by atoms with Crippen LogP contribution in [0.5, 0.6) is 0 Å². The Balaban J connectivity index is 1.80. The van der Waals surface area contributed by atoms with Crippen molar-refractivity contribution in [2.45, 2.75) is 32.7 Å². The number of likely N-dealkylation sites (N-methyl/N-ethyl adjacent to an activating group) is 1. The summed E-state index contributed by atoms with van der Waals surface area (Å²) in [6.45, 7) is 7.87. The van der Waals surface area contributed by atoms with Gasteiger partial charge >= 0.3 is 0 Å². The zero-order chi connectivity index (χ0) is 14.6. The Morgan fingerprint density at radius 2 is 2.00 bits per heavy atom. The Kier molecular flexibility index (Phi) is 3.15. The summed E-state index contributed by atoms with van der Waals surface area (Å²) >= 11 is 1.79. The van der Waals surface area contributed by atoms with E-state index in [1.165, 1.54) is 35.2 Å². The molecule has 5 heteroatoms. The lowest BCUT2D eigenvalue weighted by Crippen LogP contribution is -2.41. The number of hydrogen-bond donors (Lipinski definition) is 0. The predicted octanol–water partition coefficient (Wildman–Crippen LogP) is 2.84. The molecule has 5 rings (SSSR count). The molecule has 0 aromatic carbocycles. The van der Waals surface area contributed by atoms with Crippen LogP contribution in [0.15, 0.2) is 6.33 Å². The highest BCUT2D eigenvalue weighted by Gasteiger charge is 2.34. The fraction of sp³-hybridized carbons (Fsp3) is 0.625. The van der Waals surface area contributed by atoms with Crippen LogP contribution >= 0.6 is 11.3 Å². The smallest absolute Gasteiger partial charge is 0.141 e. The molecule has 2 aromatic rings. The van der Waals surface area contributed by atoms with Crippen LogP contribution in [-0.4, -0.2) is 47.6 Å². The molecular weight excluding hydrogens is 280 g/mol. The van der Waals surface area contributed by atoms with E-state index in [4.69, 9.17) is 0 Å². The molecule has 3 aliphatic rings. The summed E-state index contributed by atoms with van der Waals surface area (Å²) in [5.74, 6) is 1.94. The summed E-state index contributed by atoms with van der Waals surface area (Å²) in [6.07, 6.45) is 4.43. The molecule has 0 radical (unpaired) electrons. The molecule has 0 aliphatic carbocycles. The van der Waals surface area contributed by atoms with Gasteiger partial charge < -0.3 is 9.80 Å². The van der Waals surface area contributed by atoms with Gasteiger partial charge in [0.1, 0.15) is 17.0 Å². The first-order valence-electron chi connectivity index (χ1n) is 7.79. The normalized spacial score (nSPS) is 26.5. The van der Waals surface area contributed by atoms with Crippen molar-refractivity contribution in [2.24, 2.45) is 5.92 Å². The van der Waals surface area contributed by atoms with Crippen LogP contribution in [0.4, 0.5) is 5.82 Å². The third-order valence-corrected chi connectivity index (χ3v) is 6.35. The van der Waals surface area contributed by atoms with Gasteiger partial charge in [-0.2, -0.15) is 0 Å². The van der Waals surface area contributed by atoms with E-state index in [9.17, 15) is 0 Å². The monoisotopic (exact) mass is 302 g/mol. The molecule has 2 aromatic heterocycles. The number of fused-ring (bicyclic) bond motifs is 5. The zero-order valence-electron chi connectivity index (χ0n) is 13.0. The van der Waals surface area contributed by atoms with Crippen LogP contribution in [0.3, 0.4) is 0 Å². The quantitative estimate of drug-likeness (QED) is 0.811. The summed E-state index contributed by atoms with van der Waals surface area (Å²) in [6, 6.07) is 0.675. The van der Waals surface area contributed by atoms with Gasteiger partial charge in [0.2, 0.25) is 0 Å². The van der Waals surface area contributed by atoms with Gasteiger partial charge in [-0.1, -0.05) is 0 Å². The van der Waals surface area contributed by atoms with Gasteiger partial charge in [0.05, 0.1) is 5.39 Å². The second-order valence-corrected chi connectivity index (χ2v) is 7.81. The number of hydrogen-bond acceptors (Lipinski definition) is 5. The Hall–Kier alpha value is -1.20. The van der Waals surface area contributed by atoms with Crippen LogP contribution in [-0.2, 0) is 0 Å². The summed E-state index contributed by atoms with van der Waals surface area (Å²) in [5, 5.41) is 1.28. The van der Waals surface area contributed by atoms with Gasteiger partial charge in [-0.05, 0) is 45.2 Å². The Labute approximate surface area is 129 Å². The fourth-order valence-corrected chi connectivity index (χ4v) is 4.88. The number of rotatable bonds is 1. The fourth-order valence-electron chi connectivity index (χ4n) is 3.89. The van der Waals surface area contributed by atoms with Crippen molar-refractivity contribution in [3.05, 3.63) is 16.8 Å². The first-order chi connectivity index (χ1) is 10.1.